The first kappa shape index (κ1) is 29.7. The number of aromatic nitrogens is 4. The van der Waals surface area contributed by atoms with Crippen LogP contribution >= 0.6 is 11.8 Å². The number of benzene rings is 3. The first-order chi connectivity index (χ1) is 21.6. The Morgan fingerprint density at radius 2 is 1.77 bits per heavy atom. The molecule has 224 valence electrons. The first-order valence-corrected chi connectivity index (χ1v) is 15.4. The molecule has 6 rings (SSSR count). The van der Waals surface area contributed by atoms with Crippen molar-refractivity contribution in [1.82, 2.24) is 25.5 Å². The van der Waals surface area contributed by atoms with Crippen LogP contribution in [0.25, 0.3) is 11.1 Å². The first-order valence-electron chi connectivity index (χ1n) is 14.4. The number of carbonyl (C=O) groups is 1. The van der Waals surface area contributed by atoms with Gasteiger partial charge in [-0.2, -0.15) is 5.10 Å². The number of nitrogens with zero attached hydrogens (tertiary/aromatic N) is 3. The maximum absolute atomic E-state index is 12.5. The molecule has 10 heteroatoms. The number of aromatic amines is 1. The topological polar surface area (TPSA) is 122 Å². The van der Waals surface area contributed by atoms with Gasteiger partial charge in [0.15, 0.2) is 11.4 Å². The summed E-state index contributed by atoms with van der Waals surface area (Å²) >= 11 is 1.57. The maximum Gasteiger partial charge on any atom is 0.253 e. The van der Waals surface area contributed by atoms with E-state index in [-0.39, 0.29) is 30.6 Å². The molecule has 9 nitrogen and oxygen atoms in total. The van der Waals surface area contributed by atoms with Crippen molar-refractivity contribution in [1.29, 1.82) is 0 Å². The fourth-order valence-corrected chi connectivity index (χ4v) is 6.19. The Hall–Kier alpha value is -4.35. The molecule has 1 amide bonds. The van der Waals surface area contributed by atoms with Crippen molar-refractivity contribution in [3.05, 3.63) is 131 Å². The molecular formula is C34H33N5O4S. The molecule has 5 aromatic rings. The van der Waals surface area contributed by atoms with Gasteiger partial charge in [-0.05, 0) is 52.1 Å². The van der Waals surface area contributed by atoms with Crippen LogP contribution < -0.4 is 5.32 Å². The molecule has 4 unspecified atom stereocenters. The van der Waals surface area contributed by atoms with Crippen molar-refractivity contribution in [2.45, 2.75) is 43.7 Å². The molecule has 0 aliphatic carbocycles. The largest absolute Gasteiger partial charge is 0.392 e. The predicted octanol–water partition coefficient (Wildman–Crippen LogP) is 5.87. The summed E-state index contributed by atoms with van der Waals surface area (Å²) in [5, 5.41) is 20.1. The van der Waals surface area contributed by atoms with Crippen molar-refractivity contribution in [2.24, 2.45) is 5.92 Å². The van der Waals surface area contributed by atoms with Gasteiger partial charge in [-0.3, -0.25) is 14.9 Å². The van der Waals surface area contributed by atoms with E-state index in [1.807, 2.05) is 48.5 Å². The van der Waals surface area contributed by atoms with E-state index in [2.05, 4.69) is 56.7 Å². The standard InChI is InChI=1S/C34H33N5O4S/c1-22-30(20-44-34-37-21-38-39-34)42-33(43-31(22)25-12-10-23(19-40)11-13-25)28-8-3-7-27(16-28)26-6-2-5-24(15-26)17-36-32(41)29-9-4-14-35-18-29/h2-16,18,21-22,30-31,33,40H,17,19-20H2,1H3,(H,36,41)(H,37,38,39). The van der Waals surface area contributed by atoms with Gasteiger partial charge in [0.2, 0.25) is 0 Å². The van der Waals surface area contributed by atoms with E-state index in [9.17, 15) is 9.90 Å². The molecule has 44 heavy (non-hydrogen) atoms. The van der Waals surface area contributed by atoms with E-state index in [4.69, 9.17) is 9.47 Å². The van der Waals surface area contributed by atoms with Crippen LogP contribution in [0.1, 0.15) is 51.9 Å². The molecule has 1 aliphatic heterocycles. The van der Waals surface area contributed by atoms with E-state index < -0.39 is 6.29 Å². The number of aliphatic hydroxyl groups is 1. The number of carbonyl (C=O) groups excluding carboxylic acids is 1. The van der Waals surface area contributed by atoms with Gasteiger partial charge < -0.3 is 19.9 Å². The van der Waals surface area contributed by atoms with Gasteiger partial charge in [-0.1, -0.05) is 79.3 Å². The second-order valence-corrected chi connectivity index (χ2v) is 11.7. The Kier molecular flexibility index (Phi) is 9.43. The lowest BCUT2D eigenvalue weighted by Gasteiger charge is -2.41. The number of H-pyrrole nitrogens is 1. The Morgan fingerprint density at radius 3 is 2.52 bits per heavy atom. The summed E-state index contributed by atoms with van der Waals surface area (Å²) in [5.74, 6) is 0.569. The third-order valence-electron chi connectivity index (χ3n) is 7.70. The number of amides is 1. The number of thioether (sulfide) groups is 1. The van der Waals surface area contributed by atoms with Crippen molar-refractivity contribution in [3.8, 4) is 11.1 Å². The Balaban J connectivity index is 1.22. The average molecular weight is 608 g/mol. The number of nitrogens with one attached hydrogen (secondary N) is 2. The summed E-state index contributed by atoms with van der Waals surface area (Å²) in [6.45, 7) is 2.53. The summed E-state index contributed by atoms with van der Waals surface area (Å²) in [6, 6.07) is 27.7. The highest BCUT2D eigenvalue weighted by Gasteiger charge is 2.38. The van der Waals surface area contributed by atoms with E-state index >= 15 is 0 Å². The summed E-state index contributed by atoms with van der Waals surface area (Å²) in [7, 11) is 0. The average Bonchev–Trinajstić information content (AvgIpc) is 3.61. The fraction of sp³-hybridized carbons (Fsp3) is 0.235. The van der Waals surface area contributed by atoms with Crippen LogP contribution in [0.15, 0.2) is 109 Å². The Morgan fingerprint density at radius 1 is 0.955 bits per heavy atom. The smallest absolute Gasteiger partial charge is 0.253 e. The molecule has 0 saturated carbocycles. The van der Waals surface area contributed by atoms with Crippen LogP contribution in [-0.4, -0.2) is 43.0 Å². The van der Waals surface area contributed by atoms with Crippen molar-refractivity contribution in [2.75, 3.05) is 5.75 Å². The zero-order valence-corrected chi connectivity index (χ0v) is 25.0. The number of ether oxygens (including phenoxy) is 2. The second-order valence-electron chi connectivity index (χ2n) is 10.7. The third-order valence-corrected chi connectivity index (χ3v) is 8.66. The van der Waals surface area contributed by atoms with Crippen LogP contribution in [0, 0.1) is 5.92 Å². The monoisotopic (exact) mass is 607 g/mol. The van der Waals surface area contributed by atoms with Crippen LogP contribution in [0.3, 0.4) is 0 Å². The number of aliphatic hydroxyl groups excluding tert-OH is 1. The van der Waals surface area contributed by atoms with Crippen molar-refractivity contribution >= 4 is 17.7 Å². The molecule has 1 aliphatic rings. The van der Waals surface area contributed by atoms with Gasteiger partial charge in [0, 0.05) is 36.2 Å². The molecule has 3 aromatic carbocycles. The second kappa shape index (κ2) is 14.0. The van der Waals surface area contributed by atoms with E-state index in [1.165, 1.54) is 6.33 Å². The lowest BCUT2D eigenvalue weighted by atomic mass is 9.91. The summed E-state index contributed by atoms with van der Waals surface area (Å²) in [6.07, 6.45) is 3.78. The number of pyridine rings is 1. The Bertz CT molecular complexity index is 1670. The van der Waals surface area contributed by atoms with Crippen LogP contribution in [0.2, 0.25) is 0 Å². The van der Waals surface area contributed by atoms with Gasteiger partial charge >= 0.3 is 0 Å². The highest BCUT2D eigenvalue weighted by molar-refractivity contribution is 7.99. The minimum atomic E-state index is -0.587. The normalized spacial score (nSPS) is 19.9. The third kappa shape index (κ3) is 7.06. The SMILES string of the molecule is CC1C(CSc2ncn[nH]2)OC(c2cccc(-c3cccc(CNC(=O)c4cccnc4)c3)c2)OC1c1ccc(CO)cc1. The van der Waals surface area contributed by atoms with Crippen LogP contribution in [0.5, 0.6) is 0 Å². The highest BCUT2D eigenvalue weighted by atomic mass is 32.2. The summed E-state index contributed by atoms with van der Waals surface area (Å²) < 4.78 is 13.3. The van der Waals surface area contributed by atoms with E-state index in [0.717, 1.165) is 38.5 Å². The molecule has 3 N–H and O–H groups in total. The highest BCUT2D eigenvalue weighted by Crippen LogP contribution is 2.43. The summed E-state index contributed by atoms with van der Waals surface area (Å²) in [4.78, 5) is 20.8. The molecule has 0 radical (unpaired) electrons. The molecule has 1 fully saturated rings. The van der Waals surface area contributed by atoms with Gasteiger partial charge in [0.05, 0.1) is 24.4 Å². The van der Waals surface area contributed by atoms with Crippen LogP contribution in [-0.2, 0) is 22.6 Å². The molecule has 3 heterocycles. The minimum absolute atomic E-state index is 0.00555. The number of hydrogen-bond acceptors (Lipinski definition) is 8. The Labute approximate surface area is 260 Å². The molecule has 1 saturated heterocycles. The van der Waals surface area contributed by atoms with E-state index in [1.54, 1.807) is 36.3 Å². The number of rotatable bonds is 10. The number of hydrogen-bond donors (Lipinski definition) is 3. The molecule has 4 atom stereocenters. The lowest BCUT2D eigenvalue weighted by molar-refractivity contribution is -0.268. The maximum atomic E-state index is 12.5. The molecule has 0 bridgehead atoms. The molecular weight excluding hydrogens is 574 g/mol. The van der Waals surface area contributed by atoms with Gasteiger partial charge in [0.1, 0.15) is 6.33 Å². The van der Waals surface area contributed by atoms with Crippen molar-refractivity contribution < 1.29 is 19.4 Å². The predicted molar refractivity (Wildman–Crippen MR) is 167 cm³/mol. The fourth-order valence-electron chi connectivity index (χ4n) is 5.24. The molecule has 0 spiro atoms. The minimum Gasteiger partial charge on any atom is -0.392 e. The zero-order valence-electron chi connectivity index (χ0n) is 24.2. The van der Waals surface area contributed by atoms with E-state index in [0.29, 0.717) is 17.9 Å². The molecule has 2 aromatic heterocycles. The van der Waals surface area contributed by atoms with Crippen molar-refractivity contribution in [3.63, 3.8) is 0 Å². The zero-order chi connectivity index (χ0) is 30.3. The van der Waals surface area contributed by atoms with Gasteiger partial charge in [-0.15, -0.1) is 0 Å². The van der Waals surface area contributed by atoms with Crippen LogP contribution in [0.4, 0.5) is 0 Å². The van der Waals surface area contributed by atoms with Gasteiger partial charge in [-0.25, -0.2) is 4.98 Å². The lowest BCUT2D eigenvalue weighted by Crippen LogP contribution is -2.38. The summed E-state index contributed by atoms with van der Waals surface area (Å²) in [5.41, 5.74) is 6.36. The quantitative estimate of drug-likeness (QED) is 0.169. The van der Waals surface area contributed by atoms with Gasteiger partial charge in [0.25, 0.3) is 5.91 Å².